The summed E-state index contributed by atoms with van der Waals surface area (Å²) < 4.78 is 0. The average Bonchev–Trinajstić information content (AvgIpc) is 2.82. The minimum absolute atomic E-state index is 0.966. The van der Waals surface area contributed by atoms with Crippen molar-refractivity contribution in [3.05, 3.63) is 48.2 Å². The Labute approximate surface area is 88.6 Å². The molecular weight excluding hydrogens is 184 g/mol. The lowest BCUT2D eigenvalue weighted by Crippen LogP contribution is -2.07. The maximum absolute atomic E-state index is 4.37. The number of hydrogen-bond acceptors (Lipinski definition) is 2. The molecule has 1 aliphatic rings. The zero-order chi connectivity index (χ0) is 10.1. The smallest absolute Gasteiger partial charge is 0.0708 e. The standard InChI is InChI=1S/C13H12N2/c1-3-11(10-6-8-14-9-10)12-4-2-7-15-13(12)5-1/h1-7,14H,8-9H2. The van der Waals surface area contributed by atoms with Gasteiger partial charge in [-0.15, -0.1) is 0 Å². The Balaban J connectivity index is 2.26. The lowest BCUT2D eigenvalue weighted by Gasteiger charge is -2.06. The van der Waals surface area contributed by atoms with Crippen LogP contribution in [0, 0.1) is 0 Å². The number of rotatable bonds is 1. The van der Waals surface area contributed by atoms with E-state index in [0.717, 1.165) is 18.6 Å². The van der Waals surface area contributed by atoms with E-state index in [2.05, 4.69) is 40.6 Å². The third kappa shape index (κ3) is 1.43. The Bertz CT molecular complexity index is 524. The molecule has 2 heterocycles. The van der Waals surface area contributed by atoms with Crippen molar-refractivity contribution in [2.24, 2.45) is 0 Å². The summed E-state index contributed by atoms with van der Waals surface area (Å²) >= 11 is 0. The van der Waals surface area contributed by atoms with Crippen LogP contribution >= 0.6 is 0 Å². The molecule has 0 unspecified atom stereocenters. The van der Waals surface area contributed by atoms with Crippen LogP contribution in [0.4, 0.5) is 0 Å². The number of hydrogen-bond donors (Lipinski definition) is 1. The topological polar surface area (TPSA) is 24.9 Å². The fraction of sp³-hybridized carbons (Fsp3) is 0.154. The van der Waals surface area contributed by atoms with Crippen molar-refractivity contribution in [2.75, 3.05) is 13.1 Å². The van der Waals surface area contributed by atoms with E-state index >= 15 is 0 Å². The molecular formula is C13H12N2. The van der Waals surface area contributed by atoms with E-state index in [1.54, 1.807) is 0 Å². The lowest BCUT2D eigenvalue weighted by atomic mass is 10.0. The molecule has 1 aliphatic heterocycles. The van der Waals surface area contributed by atoms with E-state index < -0.39 is 0 Å². The third-order valence-electron chi connectivity index (χ3n) is 2.80. The minimum atomic E-state index is 0.966. The number of nitrogens with zero attached hydrogens (tertiary/aromatic N) is 1. The molecule has 0 aliphatic carbocycles. The highest BCUT2D eigenvalue weighted by atomic mass is 14.9. The second-order valence-corrected chi connectivity index (χ2v) is 3.74. The van der Waals surface area contributed by atoms with Crippen LogP contribution in [0.3, 0.4) is 0 Å². The van der Waals surface area contributed by atoms with Crippen LogP contribution in [0.15, 0.2) is 42.6 Å². The molecule has 2 nitrogen and oxygen atoms in total. The summed E-state index contributed by atoms with van der Waals surface area (Å²) in [6.45, 7) is 1.94. The van der Waals surface area contributed by atoms with E-state index in [1.165, 1.54) is 16.5 Å². The number of nitrogens with one attached hydrogen (secondary N) is 1. The zero-order valence-corrected chi connectivity index (χ0v) is 8.40. The first-order chi connectivity index (χ1) is 7.45. The predicted molar refractivity (Wildman–Crippen MR) is 62.6 cm³/mol. The van der Waals surface area contributed by atoms with Gasteiger partial charge in [-0.25, -0.2) is 0 Å². The molecule has 0 amide bonds. The highest BCUT2D eigenvalue weighted by Crippen LogP contribution is 2.24. The number of pyridine rings is 1. The van der Waals surface area contributed by atoms with E-state index in [4.69, 9.17) is 0 Å². The zero-order valence-electron chi connectivity index (χ0n) is 8.40. The van der Waals surface area contributed by atoms with Gasteiger partial charge in [0.1, 0.15) is 0 Å². The van der Waals surface area contributed by atoms with Gasteiger partial charge in [-0.2, -0.15) is 0 Å². The van der Waals surface area contributed by atoms with Gasteiger partial charge in [0.15, 0.2) is 0 Å². The Morgan fingerprint density at radius 1 is 1.13 bits per heavy atom. The quantitative estimate of drug-likeness (QED) is 0.756. The van der Waals surface area contributed by atoms with Crippen LogP contribution in [-0.4, -0.2) is 18.1 Å². The molecule has 0 saturated heterocycles. The maximum atomic E-state index is 4.37. The average molecular weight is 196 g/mol. The van der Waals surface area contributed by atoms with E-state index in [1.807, 2.05) is 12.3 Å². The molecule has 0 bridgehead atoms. The van der Waals surface area contributed by atoms with E-state index in [9.17, 15) is 0 Å². The van der Waals surface area contributed by atoms with Gasteiger partial charge >= 0.3 is 0 Å². The monoisotopic (exact) mass is 196 g/mol. The first-order valence-corrected chi connectivity index (χ1v) is 5.19. The van der Waals surface area contributed by atoms with Crippen LogP contribution in [0.2, 0.25) is 0 Å². The van der Waals surface area contributed by atoms with Gasteiger partial charge in [-0.3, -0.25) is 4.98 Å². The third-order valence-corrected chi connectivity index (χ3v) is 2.80. The van der Waals surface area contributed by atoms with Crippen molar-refractivity contribution in [3.63, 3.8) is 0 Å². The summed E-state index contributed by atoms with van der Waals surface area (Å²) in [5, 5.41) is 4.57. The number of fused-ring (bicyclic) bond motifs is 1. The van der Waals surface area contributed by atoms with Gasteiger partial charge in [0.2, 0.25) is 0 Å². The van der Waals surface area contributed by atoms with Crippen LogP contribution < -0.4 is 5.32 Å². The Kier molecular flexibility index (Phi) is 2.00. The molecule has 0 fully saturated rings. The Morgan fingerprint density at radius 3 is 3.00 bits per heavy atom. The summed E-state index contributed by atoms with van der Waals surface area (Å²) in [6, 6.07) is 10.4. The van der Waals surface area contributed by atoms with E-state index in [-0.39, 0.29) is 0 Å². The molecule has 1 aromatic carbocycles. The van der Waals surface area contributed by atoms with Gasteiger partial charge in [-0.1, -0.05) is 24.3 Å². The molecule has 1 aromatic heterocycles. The largest absolute Gasteiger partial charge is 0.309 e. The molecule has 0 saturated carbocycles. The summed E-state index contributed by atoms with van der Waals surface area (Å²) in [4.78, 5) is 4.37. The Morgan fingerprint density at radius 2 is 2.13 bits per heavy atom. The minimum Gasteiger partial charge on any atom is -0.309 e. The van der Waals surface area contributed by atoms with Crippen molar-refractivity contribution < 1.29 is 0 Å². The predicted octanol–water partition coefficient (Wildman–Crippen LogP) is 2.22. The molecule has 0 radical (unpaired) electrons. The van der Waals surface area contributed by atoms with Gasteiger partial charge in [0.05, 0.1) is 5.52 Å². The molecule has 2 aromatic rings. The second kappa shape index (κ2) is 3.48. The van der Waals surface area contributed by atoms with Gasteiger partial charge in [-0.05, 0) is 23.3 Å². The normalized spacial score (nSPS) is 15.6. The van der Waals surface area contributed by atoms with Crippen molar-refractivity contribution in [1.29, 1.82) is 0 Å². The first kappa shape index (κ1) is 8.62. The SMILES string of the molecule is C1=C(c2cccc3ncccc23)CNC1. The van der Waals surface area contributed by atoms with Crippen LogP contribution in [0.25, 0.3) is 16.5 Å². The van der Waals surface area contributed by atoms with Crippen molar-refractivity contribution in [1.82, 2.24) is 10.3 Å². The Hall–Kier alpha value is -1.67. The van der Waals surface area contributed by atoms with Crippen molar-refractivity contribution in [3.8, 4) is 0 Å². The highest BCUT2D eigenvalue weighted by molar-refractivity contribution is 5.92. The molecule has 0 atom stereocenters. The highest BCUT2D eigenvalue weighted by Gasteiger charge is 2.09. The molecule has 2 heteroatoms. The lowest BCUT2D eigenvalue weighted by molar-refractivity contribution is 0.897. The fourth-order valence-electron chi connectivity index (χ4n) is 2.06. The van der Waals surface area contributed by atoms with Crippen molar-refractivity contribution >= 4 is 16.5 Å². The van der Waals surface area contributed by atoms with E-state index in [0.29, 0.717) is 0 Å². The molecule has 1 N–H and O–H groups in total. The second-order valence-electron chi connectivity index (χ2n) is 3.74. The molecule has 74 valence electrons. The number of benzene rings is 1. The van der Waals surface area contributed by atoms with Crippen molar-refractivity contribution in [2.45, 2.75) is 0 Å². The number of aromatic nitrogens is 1. The van der Waals surface area contributed by atoms with Crippen LogP contribution in [0.5, 0.6) is 0 Å². The molecule has 3 rings (SSSR count). The van der Waals surface area contributed by atoms with Crippen LogP contribution in [0.1, 0.15) is 5.56 Å². The summed E-state index contributed by atoms with van der Waals surface area (Å²) in [5.74, 6) is 0. The summed E-state index contributed by atoms with van der Waals surface area (Å²) in [7, 11) is 0. The first-order valence-electron chi connectivity index (χ1n) is 5.19. The maximum Gasteiger partial charge on any atom is 0.0708 e. The summed E-state index contributed by atoms with van der Waals surface area (Å²) in [5.41, 5.74) is 3.77. The fourth-order valence-corrected chi connectivity index (χ4v) is 2.06. The molecule has 0 spiro atoms. The molecule has 15 heavy (non-hydrogen) atoms. The van der Waals surface area contributed by atoms with Gasteiger partial charge < -0.3 is 5.32 Å². The summed E-state index contributed by atoms with van der Waals surface area (Å²) in [6.07, 6.45) is 4.09. The van der Waals surface area contributed by atoms with Gasteiger partial charge in [0.25, 0.3) is 0 Å². The van der Waals surface area contributed by atoms with Crippen LogP contribution in [-0.2, 0) is 0 Å². The van der Waals surface area contributed by atoms with Gasteiger partial charge in [0, 0.05) is 24.7 Å².